The maximum absolute atomic E-state index is 11.6. The zero-order valence-electron chi connectivity index (χ0n) is 12.5. The molecule has 8 heteroatoms. The molecule has 0 spiro atoms. The summed E-state index contributed by atoms with van der Waals surface area (Å²) in [6, 6.07) is 1.79. The minimum atomic E-state index is -3.19. The van der Waals surface area contributed by atoms with Gasteiger partial charge >= 0.3 is 0 Å². The molecule has 20 heavy (non-hydrogen) atoms. The highest BCUT2D eigenvalue weighted by molar-refractivity contribution is 7.89. The van der Waals surface area contributed by atoms with Crippen molar-refractivity contribution in [2.45, 2.75) is 20.3 Å². The summed E-state index contributed by atoms with van der Waals surface area (Å²) in [6.45, 7) is 5.05. The number of aromatic nitrogens is 2. The molecule has 0 saturated heterocycles. The van der Waals surface area contributed by atoms with Gasteiger partial charge in [0.15, 0.2) is 0 Å². The Morgan fingerprint density at radius 1 is 1.20 bits per heavy atom. The van der Waals surface area contributed by atoms with Crippen molar-refractivity contribution in [3.8, 4) is 0 Å². The van der Waals surface area contributed by atoms with Crippen molar-refractivity contribution in [2.75, 3.05) is 43.6 Å². The fourth-order valence-electron chi connectivity index (χ4n) is 1.47. The molecule has 0 aromatic carbocycles. The van der Waals surface area contributed by atoms with Crippen molar-refractivity contribution in [3.63, 3.8) is 0 Å². The van der Waals surface area contributed by atoms with Crippen LogP contribution in [0.25, 0.3) is 0 Å². The van der Waals surface area contributed by atoms with Gasteiger partial charge in [-0.1, -0.05) is 6.92 Å². The van der Waals surface area contributed by atoms with Crippen molar-refractivity contribution in [3.05, 3.63) is 11.8 Å². The minimum absolute atomic E-state index is 0.0285. The molecule has 0 radical (unpaired) electrons. The van der Waals surface area contributed by atoms with Crippen molar-refractivity contribution >= 4 is 21.8 Å². The van der Waals surface area contributed by atoms with Crippen molar-refractivity contribution in [2.24, 2.45) is 0 Å². The SMILES string of the molecule is CCCNc1nc(C)cc(NCCS(=O)(=O)N(C)C)n1. The Labute approximate surface area is 120 Å². The molecule has 0 aliphatic carbocycles. The van der Waals surface area contributed by atoms with E-state index in [0.29, 0.717) is 18.3 Å². The standard InChI is InChI=1S/C12H23N5O2S/c1-5-6-14-12-15-10(2)9-11(16-12)13-7-8-20(18,19)17(3)4/h9H,5-8H2,1-4H3,(H2,13,14,15,16). The summed E-state index contributed by atoms with van der Waals surface area (Å²) in [5.74, 6) is 1.22. The lowest BCUT2D eigenvalue weighted by Gasteiger charge is -2.12. The minimum Gasteiger partial charge on any atom is -0.369 e. The Kier molecular flexibility index (Phi) is 6.15. The number of rotatable bonds is 8. The highest BCUT2D eigenvalue weighted by atomic mass is 32.2. The van der Waals surface area contributed by atoms with Crippen molar-refractivity contribution in [1.29, 1.82) is 0 Å². The predicted octanol–water partition coefficient (Wildman–Crippen LogP) is 0.910. The van der Waals surface area contributed by atoms with Gasteiger partial charge < -0.3 is 10.6 Å². The van der Waals surface area contributed by atoms with Gasteiger partial charge in [0.1, 0.15) is 5.82 Å². The molecule has 0 fully saturated rings. The average Bonchev–Trinajstić information content (AvgIpc) is 2.35. The van der Waals surface area contributed by atoms with Crippen molar-refractivity contribution < 1.29 is 8.42 Å². The number of nitrogens with zero attached hydrogens (tertiary/aromatic N) is 3. The summed E-state index contributed by atoms with van der Waals surface area (Å²) in [7, 11) is -0.141. The second-order valence-electron chi connectivity index (χ2n) is 4.67. The number of hydrogen-bond acceptors (Lipinski definition) is 6. The second kappa shape index (κ2) is 7.39. The van der Waals surface area contributed by atoms with Gasteiger partial charge in [0, 0.05) is 38.9 Å². The Morgan fingerprint density at radius 3 is 2.50 bits per heavy atom. The molecular formula is C12H23N5O2S. The summed E-state index contributed by atoms with van der Waals surface area (Å²) < 4.78 is 24.5. The van der Waals surface area contributed by atoms with Gasteiger partial charge in [-0.15, -0.1) is 0 Å². The van der Waals surface area contributed by atoms with E-state index in [9.17, 15) is 8.42 Å². The first-order chi connectivity index (χ1) is 9.35. The zero-order chi connectivity index (χ0) is 15.2. The molecular weight excluding hydrogens is 278 g/mol. The monoisotopic (exact) mass is 301 g/mol. The lowest BCUT2D eigenvalue weighted by atomic mass is 10.4. The van der Waals surface area contributed by atoms with Crippen LogP contribution in [-0.2, 0) is 10.0 Å². The number of hydrogen-bond donors (Lipinski definition) is 2. The van der Waals surface area contributed by atoms with Crippen LogP contribution in [-0.4, -0.2) is 55.6 Å². The smallest absolute Gasteiger partial charge is 0.224 e. The molecule has 1 heterocycles. The van der Waals surface area contributed by atoms with Gasteiger partial charge in [-0.25, -0.2) is 17.7 Å². The largest absolute Gasteiger partial charge is 0.369 e. The van der Waals surface area contributed by atoms with E-state index in [0.717, 1.165) is 18.7 Å². The van der Waals surface area contributed by atoms with E-state index < -0.39 is 10.0 Å². The van der Waals surface area contributed by atoms with Crippen LogP contribution in [0.4, 0.5) is 11.8 Å². The maximum atomic E-state index is 11.6. The number of anilines is 2. The molecule has 0 saturated carbocycles. The van der Waals surface area contributed by atoms with Crippen LogP contribution < -0.4 is 10.6 Å². The van der Waals surface area contributed by atoms with Gasteiger partial charge in [-0.2, -0.15) is 4.98 Å². The maximum Gasteiger partial charge on any atom is 0.224 e. The molecule has 0 aliphatic rings. The summed E-state index contributed by atoms with van der Waals surface area (Å²) in [6.07, 6.45) is 0.987. The van der Waals surface area contributed by atoms with Crippen LogP contribution >= 0.6 is 0 Å². The number of sulfonamides is 1. The third-order valence-corrected chi connectivity index (χ3v) is 4.44. The molecule has 0 bridgehead atoms. The predicted molar refractivity (Wildman–Crippen MR) is 81.5 cm³/mol. The van der Waals surface area contributed by atoms with E-state index in [-0.39, 0.29) is 5.75 Å². The van der Waals surface area contributed by atoms with Gasteiger partial charge in [0.2, 0.25) is 16.0 Å². The molecule has 0 aliphatic heterocycles. The molecule has 1 aromatic heterocycles. The first-order valence-electron chi connectivity index (χ1n) is 6.59. The van der Waals surface area contributed by atoms with Gasteiger partial charge in [-0.05, 0) is 13.3 Å². The van der Waals surface area contributed by atoms with E-state index in [1.54, 1.807) is 6.07 Å². The molecule has 1 aromatic rings. The molecule has 2 N–H and O–H groups in total. The summed E-state index contributed by atoms with van der Waals surface area (Å²) in [4.78, 5) is 8.56. The molecule has 1 rings (SSSR count). The van der Waals surface area contributed by atoms with Gasteiger partial charge in [-0.3, -0.25) is 0 Å². The number of nitrogens with one attached hydrogen (secondary N) is 2. The summed E-state index contributed by atoms with van der Waals surface area (Å²) in [5, 5.41) is 6.13. The molecule has 0 unspecified atom stereocenters. The molecule has 7 nitrogen and oxygen atoms in total. The van der Waals surface area contributed by atoms with E-state index in [1.165, 1.54) is 18.4 Å². The lowest BCUT2D eigenvalue weighted by Crippen LogP contribution is -2.28. The summed E-state index contributed by atoms with van der Waals surface area (Å²) in [5.41, 5.74) is 0.830. The van der Waals surface area contributed by atoms with E-state index in [4.69, 9.17) is 0 Å². The first kappa shape index (κ1) is 16.6. The lowest BCUT2D eigenvalue weighted by molar-refractivity contribution is 0.521. The Balaban J connectivity index is 2.62. The van der Waals surface area contributed by atoms with Crippen LogP contribution in [0, 0.1) is 6.92 Å². The Bertz CT molecular complexity index is 531. The Hall–Kier alpha value is -1.41. The van der Waals surface area contributed by atoms with Crippen LogP contribution in [0.3, 0.4) is 0 Å². The fourth-order valence-corrected chi connectivity index (χ4v) is 2.19. The molecule has 114 valence electrons. The van der Waals surface area contributed by atoms with Crippen LogP contribution in [0.1, 0.15) is 19.0 Å². The third kappa shape index (κ3) is 5.30. The van der Waals surface area contributed by atoms with E-state index >= 15 is 0 Å². The van der Waals surface area contributed by atoms with Crippen LogP contribution in [0.5, 0.6) is 0 Å². The first-order valence-corrected chi connectivity index (χ1v) is 8.19. The van der Waals surface area contributed by atoms with Gasteiger partial charge in [0.05, 0.1) is 5.75 Å². The van der Waals surface area contributed by atoms with Crippen LogP contribution in [0.15, 0.2) is 6.07 Å². The van der Waals surface area contributed by atoms with Gasteiger partial charge in [0.25, 0.3) is 0 Å². The normalized spacial score (nSPS) is 11.7. The number of aryl methyl sites for hydroxylation is 1. The highest BCUT2D eigenvalue weighted by Crippen LogP contribution is 2.09. The summed E-state index contributed by atoms with van der Waals surface area (Å²) >= 11 is 0. The van der Waals surface area contributed by atoms with E-state index in [2.05, 4.69) is 27.5 Å². The molecule has 0 amide bonds. The van der Waals surface area contributed by atoms with Crippen molar-refractivity contribution in [1.82, 2.24) is 14.3 Å². The highest BCUT2D eigenvalue weighted by Gasteiger charge is 2.12. The molecule has 0 atom stereocenters. The topological polar surface area (TPSA) is 87.2 Å². The van der Waals surface area contributed by atoms with E-state index in [1.807, 2.05) is 6.92 Å². The third-order valence-electron chi connectivity index (χ3n) is 2.61. The Morgan fingerprint density at radius 2 is 1.90 bits per heavy atom. The quantitative estimate of drug-likeness (QED) is 0.742. The van der Waals surface area contributed by atoms with Crippen LogP contribution in [0.2, 0.25) is 0 Å². The fraction of sp³-hybridized carbons (Fsp3) is 0.667. The zero-order valence-corrected chi connectivity index (χ0v) is 13.3. The second-order valence-corrected chi connectivity index (χ2v) is 6.97. The average molecular weight is 301 g/mol.